The van der Waals surface area contributed by atoms with Crippen LogP contribution in [-0.4, -0.2) is 9.97 Å². The van der Waals surface area contributed by atoms with Gasteiger partial charge in [0.25, 0.3) is 5.56 Å². The molecule has 1 N–H and O–H groups in total. The molecule has 0 spiro atoms. The van der Waals surface area contributed by atoms with Crippen LogP contribution in [0.1, 0.15) is 31.2 Å². The van der Waals surface area contributed by atoms with Gasteiger partial charge in [-0.1, -0.05) is 13.3 Å². The first-order valence-corrected chi connectivity index (χ1v) is 4.29. The van der Waals surface area contributed by atoms with Crippen LogP contribution in [0.2, 0.25) is 0 Å². The zero-order valence-corrected chi connectivity index (χ0v) is 7.55. The predicted molar refractivity (Wildman–Crippen MR) is 48.2 cm³/mol. The van der Waals surface area contributed by atoms with E-state index in [-0.39, 0.29) is 5.56 Å². The Morgan fingerprint density at radius 2 is 2.33 bits per heavy atom. The van der Waals surface area contributed by atoms with Crippen molar-refractivity contribution < 1.29 is 0 Å². The molecule has 0 amide bonds. The van der Waals surface area contributed by atoms with Gasteiger partial charge in [0, 0.05) is 5.69 Å². The number of aromatic amines is 1. The molecule has 0 unspecified atom stereocenters. The first-order chi connectivity index (χ1) is 5.74. The second-order valence-corrected chi connectivity index (χ2v) is 2.91. The van der Waals surface area contributed by atoms with E-state index in [9.17, 15) is 4.79 Å². The second kappa shape index (κ2) is 4.04. The summed E-state index contributed by atoms with van der Waals surface area (Å²) in [6.45, 7) is 4.05. The smallest absolute Gasteiger partial charge is 0.266 e. The highest BCUT2D eigenvalue weighted by molar-refractivity contribution is 5.08. The summed E-state index contributed by atoms with van der Waals surface area (Å²) in [6, 6.07) is 0. The first-order valence-electron chi connectivity index (χ1n) is 4.29. The largest absolute Gasteiger partial charge is 0.323 e. The van der Waals surface area contributed by atoms with Crippen molar-refractivity contribution in [3.8, 4) is 0 Å². The summed E-state index contributed by atoms with van der Waals surface area (Å²) in [6.07, 6.45) is 4.48. The molecular weight excluding hydrogens is 152 g/mol. The van der Waals surface area contributed by atoms with Crippen molar-refractivity contribution in [2.75, 3.05) is 0 Å². The fourth-order valence-corrected chi connectivity index (χ4v) is 1.10. The Kier molecular flexibility index (Phi) is 3.02. The minimum atomic E-state index is -0.105. The summed E-state index contributed by atoms with van der Waals surface area (Å²) < 4.78 is 0. The monoisotopic (exact) mass is 166 g/mol. The number of hydrogen-bond donors (Lipinski definition) is 1. The predicted octanol–water partition coefficient (Wildman–Crippen LogP) is 1.42. The van der Waals surface area contributed by atoms with E-state index in [1.165, 1.54) is 6.20 Å². The lowest BCUT2D eigenvalue weighted by Crippen LogP contribution is -2.11. The number of aromatic nitrogens is 2. The molecule has 0 radical (unpaired) electrons. The SMILES string of the molecule is CCCCc1[nH]c(=O)cnc1C. The van der Waals surface area contributed by atoms with Gasteiger partial charge in [0.05, 0.1) is 11.9 Å². The van der Waals surface area contributed by atoms with Gasteiger partial charge in [-0.3, -0.25) is 9.78 Å². The van der Waals surface area contributed by atoms with Gasteiger partial charge in [0.15, 0.2) is 0 Å². The van der Waals surface area contributed by atoms with Gasteiger partial charge in [-0.15, -0.1) is 0 Å². The fourth-order valence-electron chi connectivity index (χ4n) is 1.10. The summed E-state index contributed by atoms with van der Waals surface area (Å²) in [5.41, 5.74) is 1.80. The Balaban J connectivity index is 2.82. The number of nitrogens with zero attached hydrogens (tertiary/aromatic N) is 1. The van der Waals surface area contributed by atoms with E-state index in [2.05, 4.69) is 16.9 Å². The average molecular weight is 166 g/mol. The van der Waals surface area contributed by atoms with Crippen LogP contribution in [0.5, 0.6) is 0 Å². The zero-order valence-electron chi connectivity index (χ0n) is 7.55. The number of aryl methyl sites for hydroxylation is 2. The number of unbranched alkanes of at least 4 members (excludes halogenated alkanes) is 1. The summed E-state index contributed by atoms with van der Waals surface area (Å²) in [7, 11) is 0. The molecule has 0 fully saturated rings. The van der Waals surface area contributed by atoms with Crippen LogP contribution in [0, 0.1) is 6.92 Å². The molecule has 66 valence electrons. The van der Waals surface area contributed by atoms with E-state index in [0.29, 0.717) is 0 Å². The normalized spacial score (nSPS) is 10.2. The van der Waals surface area contributed by atoms with Gasteiger partial charge in [0.2, 0.25) is 0 Å². The van der Waals surface area contributed by atoms with Gasteiger partial charge in [-0.2, -0.15) is 0 Å². The highest BCUT2D eigenvalue weighted by Gasteiger charge is 1.98. The highest BCUT2D eigenvalue weighted by Crippen LogP contribution is 2.02. The third kappa shape index (κ3) is 2.19. The van der Waals surface area contributed by atoms with Crippen molar-refractivity contribution in [3.63, 3.8) is 0 Å². The van der Waals surface area contributed by atoms with Crippen molar-refractivity contribution in [3.05, 3.63) is 27.9 Å². The van der Waals surface area contributed by atoms with Crippen molar-refractivity contribution >= 4 is 0 Å². The minimum Gasteiger partial charge on any atom is -0.323 e. The van der Waals surface area contributed by atoms with Gasteiger partial charge in [0.1, 0.15) is 0 Å². The molecule has 3 heteroatoms. The quantitative estimate of drug-likeness (QED) is 0.738. The Morgan fingerprint density at radius 3 is 3.00 bits per heavy atom. The standard InChI is InChI=1S/C9H14N2O/c1-3-4-5-8-7(2)10-6-9(12)11-8/h6H,3-5H2,1-2H3,(H,11,12). The van der Waals surface area contributed by atoms with Gasteiger partial charge >= 0.3 is 0 Å². The molecule has 1 aromatic rings. The Labute approximate surface area is 71.9 Å². The van der Waals surface area contributed by atoms with Gasteiger partial charge in [-0.25, -0.2) is 0 Å². The Bertz CT molecular complexity index is 304. The van der Waals surface area contributed by atoms with E-state index in [1.54, 1.807) is 0 Å². The lowest BCUT2D eigenvalue weighted by Gasteiger charge is -2.01. The molecule has 1 heterocycles. The van der Waals surface area contributed by atoms with Gasteiger partial charge in [-0.05, 0) is 19.8 Å². The highest BCUT2D eigenvalue weighted by atomic mass is 16.1. The maximum absolute atomic E-state index is 10.9. The van der Waals surface area contributed by atoms with Crippen LogP contribution in [0.15, 0.2) is 11.0 Å². The lowest BCUT2D eigenvalue weighted by molar-refractivity contribution is 0.760. The molecule has 0 aliphatic rings. The van der Waals surface area contributed by atoms with E-state index in [1.807, 2.05) is 6.92 Å². The lowest BCUT2D eigenvalue weighted by atomic mass is 10.2. The molecule has 0 atom stereocenters. The first kappa shape index (κ1) is 8.97. The van der Waals surface area contributed by atoms with Crippen LogP contribution in [0.3, 0.4) is 0 Å². The van der Waals surface area contributed by atoms with Crippen LogP contribution in [0.25, 0.3) is 0 Å². The molecule has 0 saturated carbocycles. The summed E-state index contributed by atoms with van der Waals surface area (Å²) in [5, 5.41) is 0. The molecule has 0 aliphatic carbocycles. The zero-order chi connectivity index (χ0) is 8.97. The van der Waals surface area contributed by atoms with E-state index < -0.39 is 0 Å². The molecule has 0 saturated heterocycles. The Morgan fingerprint density at radius 1 is 1.58 bits per heavy atom. The second-order valence-electron chi connectivity index (χ2n) is 2.91. The van der Waals surface area contributed by atoms with Crippen molar-refractivity contribution in [1.29, 1.82) is 0 Å². The molecule has 1 rings (SSSR count). The van der Waals surface area contributed by atoms with E-state index in [0.717, 1.165) is 30.7 Å². The molecule has 3 nitrogen and oxygen atoms in total. The summed E-state index contributed by atoms with van der Waals surface area (Å²) in [4.78, 5) is 17.7. The third-order valence-electron chi connectivity index (χ3n) is 1.87. The maximum atomic E-state index is 10.9. The average Bonchev–Trinajstić information content (AvgIpc) is 2.07. The molecule has 0 bridgehead atoms. The van der Waals surface area contributed by atoms with Crippen molar-refractivity contribution in [2.45, 2.75) is 33.1 Å². The van der Waals surface area contributed by atoms with E-state index in [4.69, 9.17) is 0 Å². The van der Waals surface area contributed by atoms with Crippen molar-refractivity contribution in [1.82, 2.24) is 9.97 Å². The summed E-state index contributed by atoms with van der Waals surface area (Å²) >= 11 is 0. The fraction of sp³-hybridized carbons (Fsp3) is 0.556. The van der Waals surface area contributed by atoms with Crippen LogP contribution in [0.4, 0.5) is 0 Å². The molecular formula is C9H14N2O. The summed E-state index contributed by atoms with van der Waals surface area (Å²) in [5.74, 6) is 0. The number of nitrogens with one attached hydrogen (secondary N) is 1. The third-order valence-corrected chi connectivity index (χ3v) is 1.87. The number of hydrogen-bond acceptors (Lipinski definition) is 2. The maximum Gasteiger partial charge on any atom is 0.266 e. The topological polar surface area (TPSA) is 45.8 Å². The van der Waals surface area contributed by atoms with Crippen molar-refractivity contribution in [2.24, 2.45) is 0 Å². The van der Waals surface area contributed by atoms with Gasteiger partial charge < -0.3 is 4.98 Å². The molecule has 12 heavy (non-hydrogen) atoms. The Hall–Kier alpha value is -1.12. The van der Waals surface area contributed by atoms with Crippen LogP contribution >= 0.6 is 0 Å². The van der Waals surface area contributed by atoms with E-state index >= 15 is 0 Å². The molecule has 1 aromatic heterocycles. The van der Waals surface area contributed by atoms with Crippen LogP contribution in [-0.2, 0) is 6.42 Å². The number of H-pyrrole nitrogens is 1. The minimum absolute atomic E-state index is 0.105. The van der Waals surface area contributed by atoms with Crippen LogP contribution < -0.4 is 5.56 Å². The number of rotatable bonds is 3. The molecule has 0 aromatic carbocycles. The molecule has 0 aliphatic heterocycles.